The summed E-state index contributed by atoms with van der Waals surface area (Å²) in [6.07, 6.45) is -0.0759. The van der Waals surface area contributed by atoms with E-state index in [1.165, 1.54) is 4.90 Å². The second-order valence-corrected chi connectivity index (χ2v) is 4.05. The van der Waals surface area contributed by atoms with Gasteiger partial charge in [0, 0.05) is 10.1 Å². The quantitative estimate of drug-likeness (QED) is 0.871. The summed E-state index contributed by atoms with van der Waals surface area (Å²) in [7, 11) is 0. The Hall–Kier alpha value is -0.780. The van der Waals surface area contributed by atoms with Crippen LogP contribution in [0.15, 0.2) is 24.3 Å². The molecule has 0 aromatic heterocycles. The van der Waals surface area contributed by atoms with Crippen LogP contribution < -0.4 is 4.90 Å². The maximum Gasteiger partial charge on any atom is 0.411 e. The molecule has 0 radical (unpaired) electrons. The minimum atomic E-state index is -0.893. The van der Waals surface area contributed by atoms with Gasteiger partial charge in [0.15, 0.2) is 0 Å². The van der Waals surface area contributed by atoms with Crippen molar-refractivity contribution in [3.05, 3.63) is 27.8 Å². The highest BCUT2D eigenvalue weighted by Crippen LogP contribution is 2.22. The van der Waals surface area contributed by atoms with E-state index in [-0.39, 0.29) is 0 Å². The van der Waals surface area contributed by atoms with Crippen molar-refractivity contribution >= 4 is 34.4 Å². The molecule has 0 saturated heterocycles. The van der Waals surface area contributed by atoms with Gasteiger partial charge in [0.2, 0.25) is 0 Å². The minimum Gasteiger partial charge on any atom is -0.465 e. The van der Waals surface area contributed by atoms with Crippen molar-refractivity contribution in [2.45, 2.75) is 13.3 Å². The van der Waals surface area contributed by atoms with Gasteiger partial charge in [0.25, 0.3) is 0 Å². The minimum absolute atomic E-state index is 0.537. The van der Waals surface area contributed by atoms with Crippen LogP contribution in [-0.2, 0) is 0 Å². The van der Waals surface area contributed by atoms with Gasteiger partial charge in [-0.1, -0.05) is 19.1 Å². The van der Waals surface area contributed by atoms with Crippen molar-refractivity contribution in [3.8, 4) is 0 Å². The van der Waals surface area contributed by atoms with Crippen molar-refractivity contribution in [2.75, 3.05) is 11.4 Å². The summed E-state index contributed by atoms with van der Waals surface area (Å²) in [6.45, 7) is 2.50. The lowest BCUT2D eigenvalue weighted by Gasteiger charge is -2.19. The van der Waals surface area contributed by atoms with E-state index in [9.17, 15) is 4.79 Å². The average molecular weight is 305 g/mol. The Bertz CT molecular complexity index is 328. The Morgan fingerprint density at radius 3 is 2.64 bits per heavy atom. The Morgan fingerprint density at radius 2 is 2.14 bits per heavy atom. The van der Waals surface area contributed by atoms with Gasteiger partial charge in [0.1, 0.15) is 0 Å². The molecule has 3 nitrogen and oxygen atoms in total. The molecule has 0 saturated carbocycles. The Kier molecular flexibility index (Phi) is 4.19. The van der Waals surface area contributed by atoms with E-state index in [4.69, 9.17) is 5.11 Å². The Balaban J connectivity index is 2.99. The molecule has 1 N–H and O–H groups in total. The first-order valence-electron chi connectivity index (χ1n) is 4.41. The number of nitrogens with zero attached hydrogens (tertiary/aromatic N) is 1. The topological polar surface area (TPSA) is 40.5 Å². The standard InChI is InChI=1S/C10H12INO2/c1-2-7-12(10(13)14)9-6-4-3-5-8(9)11/h3-6H,2,7H2,1H3,(H,13,14). The maximum absolute atomic E-state index is 11.0. The SMILES string of the molecule is CCCN(C(=O)O)c1ccccc1I. The second-order valence-electron chi connectivity index (χ2n) is 2.89. The number of para-hydroxylation sites is 1. The number of hydrogen-bond acceptors (Lipinski definition) is 1. The van der Waals surface area contributed by atoms with Crippen LogP contribution in [0.25, 0.3) is 0 Å². The van der Waals surface area contributed by atoms with Gasteiger partial charge in [-0.3, -0.25) is 4.90 Å². The van der Waals surface area contributed by atoms with Crippen LogP contribution >= 0.6 is 22.6 Å². The fraction of sp³-hybridized carbons (Fsp3) is 0.300. The third kappa shape index (κ3) is 2.60. The predicted octanol–water partition coefficient (Wildman–Crippen LogP) is 3.19. The number of carbonyl (C=O) groups is 1. The molecule has 0 bridgehead atoms. The smallest absolute Gasteiger partial charge is 0.411 e. The summed E-state index contributed by atoms with van der Waals surface area (Å²) in [6, 6.07) is 7.48. The van der Waals surface area contributed by atoms with Crippen molar-refractivity contribution in [2.24, 2.45) is 0 Å². The molecule has 14 heavy (non-hydrogen) atoms. The van der Waals surface area contributed by atoms with Gasteiger partial charge in [-0.15, -0.1) is 0 Å². The zero-order chi connectivity index (χ0) is 10.6. The normalized spacial score (nSPS) is 9.86. The number of benzene rings is 1. The number of amides is 1. The van der Waals surface area contributed by atoms with Crippen molar-refractivity contribution in [1.29, 1.82) is 0 Å². The van der Waals surface area contributed by atoms with Gasteiger partial charge >= 0.3 is 6.09 Å². The van der Waals surface area contributed by atoms with E-state index in [2.05, 4.69) is 22.6 Å². The number of rotatable bonds is 3. The van der Waals surface area contributed by atoms with Gasteiger partial charge in [-0.2, -0.15) is 0 Å². The highest BCUT2D eigenvalue weighted by atomic mass is 127. The van der Waals surface area contributed by atoms with Crippen LogP contribution in [-0.4, -0.2) is 17.7 Å². The van der Waals surface area contributed by atoms with Crippen LogP contribution in [0.3, 0.4) is 0 Å². The largest absolute Gasteiger partial charge is 0.465 e. The monoisotopic (exact) mass is 305 g/mol. The first-order valence-corrected chi connectivity index (χ1v) is 5.49. The lowest BCUT2D eigenvalue weighted by Crippen LogP contribution is -2.30. The Labute approximate surface area is 96.9 Å². The first-order chi connectivity index (χ1) is 6.66. The van der Waals surface area contributed by atoms with Gasteiger partial charge in [0.05, 0.1) is 5.69 Å². The van der Waals surface area contributed by atoms with Gasteiger partial charge < -0.3 is 5.11 Å². The number of hydrogen-bond donors (Lipinski definition) is 1. The zero-order valence-electron chi connectivity index (χ0n) is 7.90. The molecule has 1 rings (SSSR count). The number of anilines is 1. The van der Waals surface area contributed by atoms with Gasteiger partial charge in [-0.25, -0.2) is 4.79 Å². The van der Waals surface area contributed by atoms with Crippen LogP contribution in [0.2, 0.25) is 0 Å². The summed E-state index contributed by atoms with van der Waals surface area (Å²) >= 11 is 2.14. The Morgan fingerprint density at radius 1 is 1.50 bits per heavy atom. The third-order valence-corrected chi connectivity index (χ3v) is 2.73. The van der Waals surface area contributed by atoms with E-state index in [0.717, 1.165) is 15.7 Å². The number of carboxylic acid groups (broad SMARTS) is 1. The van der Waals surface area contributed by atoms with E-state index < -0.39 is 6.09 Å². The molecule has 0 aliphatic carbocycles. The van der Waals surface area contributed by atoms with E-state index in [0.29, 0.717) is 6.54 Å². The summed E-state index contributed by atoms with van der Waals surface area (Å²) < 4.78 is 0.959. The molecule has 1 amide bonds. The molecule has 76 valence electrons. The summed E-state index contributed by atoms with van der Waals surface area (Å²) in [5.74, 6) is 0. The first kappa shape index (κ1) is 11.3. The predicted molar refractivity (Wildman–Crippen MR) is 64.8 cm³/mol. The zero-order valence-corrected chi connectivity index (χ0v) is 10.1. The van der Waals surface area contributed by atoms with Gasteiger partial charge in [-0.05, 0) is 41.1 Å². The molecule has 0 aliphatic heterocycles. The molecule has 1 aromatic rings. The number of halogens is 1. The summed E-state index contributed by atoms with van der Waals surface area (Å²) in [4.78, 5) is 12.3. The summed E-state index contributed by atoms with van der Waals surface area (Å²) in [5, 5.41) is 9.00. The third-order valence-electron chi connectivity index (χ3n) is 1.82. The molecule has 0 aliphatic rings. The lowest BCUT2D eigenvalue weighted by atomic mass is 10.3. The van der Waals surface area contributed by atoms with E-state index in [1.807, 2.05) is 31.2 Å². The van der Waals surface area contributed by atoms with Crippen LogP contribution in [0, 0.1) is 3.57 Å². The van der Waals surface area contributed by atoms with Crippen molar-refractivity contribution in [3.63, 3.8) is 0 Å². The fourth-order valence-electron chi connectivity index (χ4n) is 1.21. The fourth-order valence-corrected chi connectivity index (χ4v) is 1.89. The average Bonchev–Trinajstić information content (AvgIpc) is 2.15. The highest BCUT2D eigenvalue weighted by molar-refractivity contribution is 14.1. The molecule has 0 fully saturated rings. The maximum atomic E-state index is 11.0. The highest BCUT2D eigenvalue weighted by Gasteiger charge is 2.14. The molecular weight excluding hydrogens is 293 g/mol. The van der Waals surface area contributed by atoms with Crippen LogP contribution in [0.4, 0.5) is 10.5 Å². The summed E-state index contributed by atoms with van der Waals surface area (Å²) in [5.41, 5.74) is 0.766. The molecule has 4 heteroatoms. The molecule has 0 heterocycles. The molecule has 0 unspecified atom stereocenters. The van der Waals surface area contributed by atoms with Crippen molar-refractivity contribution in [1.82, 2.24) is 0 Å². The van der Waals surface area contributed by atoms with E-state index in [1.54, 1.807) is 0 Å². The van der Waals surface area contributed by atoms with Crippen molar-refractivity contribution < 1.29 is 9.90 Å². The van der Waals surface area contributed by atoms with E-state index >= 15 is 0 Å². The second kappa shape index (κ2) is 5.19. The van der Waals surface area contributed by atoms with Crippen LogP contribution in [0.5, 0.6) is 0 Å². The molecule has 0 atom stereocenters. The lowest BCUT2D eigenvalue weighted by molar-refractivity contribution is 0.201. The molecular formula is C10H12INO2. The van der Waals surface area contributed by atoms with Crippen LogP contribution in [0.1, 0.15) is 13.3 Å². The molecule has 1 aromatic carbocycles. The molecule has 0 spiro atoms.